The van der Waals surface area contributed by atoms with E-state index in [0.29, 0.717) is 36.3 Å². The van der Waals surface area contributed by atoms with Crippen molar-refractivity contribution >= 4 is 15.7 Å². The molecule has 4 unspecified atom stereocenters. The van der Waals surface area contributed by atoms with Crippen LogP contribution in [0.15, 0.2) is 108 Å². The van der Waals surface area contributed by atoms with E-state index >= 15 is 0 Å². The Morgan fingerprint density at radius 1 is 0.907 bits per heavy atom. The highest BCUT2D eigenvalue weighted by Gasteiger charge is 2.33. The summed E-state index contributed by atoms with van der Waals surface area (Å²) in [4.78, 5) is 2.13. The van der Waals surface area contributed by atoms with E-state index in [4.69, 9.17) is 9.47 Å². The standard InChI is InChI=1S/C33H36N2O7S/c1-35(21-31(38)25-7-6-10-28(37)18-25)20-29-19-32(24-15-13-23(22-36)14-16-24)42-33(41-29)26-8-5-9-27(17-26)34-43(39,40)30-11-3-2-4-12-30/h2-18,29,31-34,36-38H,19-22H2,1H3. The lowest BCUT2D eigenvalue weighted by atomic mass is 9.99. The lowest BCUT2D eigenvalue weighted by Crippen LogP contribution is -2.39. The summed E-state index contributed by atoms with van der Waals surface area (Å²) >= 11 is 0. The van der Waals surface area contributed by atoms with Crippen LogP contribution in [0.5, 0.6) is 5.75 Å². The van der Waals surface area contributed by atoms with Gasteiger partial charge in [-0.2, -0.15) is 0 Å². The molecule has 1 aliphatic heterocycles. The second-order valence-corrected chi connectivity index (χ2v) is 12.4. The summed E-state index contributed by atoms with van der Waals surface area (Å²) in [5.74, 6) is 0.0955. The third-order valence-electron chi connectivity index (χ3n) is 7.33. The topological polar surface area (TPSA) is 129 Å². The Morgan fingerprint density at radius 3 is 2.37 bits per heavy atom. The number of rotatable bonds is 11. The molecule has 0 aromatic heterocycles. The molecule has 10 heteroatoms. The number of hydrogen-bond donors (Lipinski definition) is 4. The van der Waals surface area contributed by atoms with Crippen LogP contribution in [0.4, 0.5) is 5.69 Å². The zero-order valence-corrected chi connectivity index (χ0v) is 24.6. The van der Waals surface area contributed by atoms with Gasteiger partial charge in [-0.3, -0.25) is 4.72 Å². The Bertz CT molecular complexity index is 1600. The number of nitrogens with zero attached hydrogens (tertiary/aromatic N) is 1. The zero-order valence-electron chi connectivity index (χ0n) is 23.8. The van der Waals surface area contributed by atoms with Gasteiger partial charge in [-0.1, -0.05) is 66.7 Å². The Balaban J connectivity index is 1.35. The van der Waals surface area contributed by atoms with Crippen molar-refractivity contribution in [3.63, 3.8) is 0 Å². The number of likely N-dealkylation sites (N-methyl/N-ethyl adjacent to an activating group) is 1. The van der Waals surface area contributed by atoms with E-state index < -0.39 is 22.4 Å². The molecule has 1 aliphatic rings. The average Bonchev–Trinajstić information content (AvgIpc) is 3.01. The number of phenolic OH excluding ortho intramolecular Hbond substituents is 1. The predicted octanol–water partition coefficient (Wildman–Crippen LogP) is 4.90. The zero-order chi connectivity index (χ0) is 30.4. The Morgan fingerprint density at radius 2 is 1.65 bits per heavy atom. The number of ether oxygens (including phenoxy) is 2. The summed E-state index contributed by atoms with van der Waals surface area (Å²) in [7, 11) is -1.89. The van der Waals surface area contributed by atoms with E-state index in [1.54, 1.807) is 60.7 Å². The molecule has 0 amide bonds. The highest BCUT2D eigenvalue weighted by molar-refractivity contribution is 7.92. The van der Waals surface area contributed by atoms with Gasteiger partial charge < -0.3 is 29.7 Å². The first-order valence-electron chi connectivity index (χ1n) is 14.0. The largest absolute Gasteiger partial charge is 0.508 e. The van der Waals surface area contributed by atoms with Crippen LogP contribution in [0.1, 0.15) is 47.2 Å². The minimum absolute atomic E-state index is 0.0574. The van der Waals surface area contributed by atoms with Crippen molar-refractivity contribution in [1.29, 1.82) is 0 Å². The van der Waals surface area contributed by atoms with E-state index in [1.807, 2.05) is 42.3 Å². The maximum Gasteiger partial charge on any atom is 0.261 e. The van der Waals surface area contributed by atoms with Crippen molar-refractivity contribution in [2.75, 3.05) is 24.9 Å². The monoisotopic (exact) mass is 604 g/mol. The van der Waals surface area contributed by atoms with Gasteiger partial charge in [-0.05, 0) is 60.1 Å². The van der Waals surface area contributed by atoms with Crippen LogP contribution < -0.4 is 4.72 Å². The van der Waals surface area contributed by atoms with Crippen LogP contribution in [-0.4, -0.2) is 54.9 Å². The van der Waals surface area contributed by atoms with Crippen LogP contribution in [-0.2, 0) is 26.1 Å². The first-order chi connectivity index (χ1) is 20.7. The van der Waals surface area contributed by atoms with Crippen molar-refractivity contribution in [2.45, 2.75) is 42.5 Å². The van der Waals surface area contributed by atoms with Gasteiger partial charge in [0, 0.05) is 30.8 Å². The summed E-state index contributed by atoms with van der Waals surface area (Å²) in [6.45, 7) is 0.751. The molecule has 0 spiro atoms. The Hall–Kier alpha value is -3.77. The molecule has 0 saturated carbocycles. The normalized spacial score (nSPS) is 19.7. The lowest BCUT2D eigenvalue weighted by molar-refractivity contribution is -0.252. The molecule has 1 saturated heterocycles. The molecule has 1 fully saturated rings. The Kier molecular flexibility index (Phi) is 9.76. The second-order valence-electron chi connectivity index (χ2n) is 10.7. The smallest absolute Gasteiger partial charge is 0.261 e. The van der Waals surface area contributed by atoms with Crippen molar-refractivity contribution in [3.8, 4) is 5.75 Å². The number of phenols is 1. The van der Waals surface area contributed by atoms with Crippen LogP contribution in [0.2, 0.25) is 0 Å². The highest BCUT2D eigenvalue weighted by Crippen LogP contribution is 2.39. The number of hydrogen-bond acceptors (Lipinski definition) is 8. The number of aliphatic hydroxyl groups excluding tert-OH is 2. The van der Waals surface area contributed by atoms with Gasteiger partial charge in [0.2, 0.25) is 0 Å². The van der Waals surface area contributed by atoms with Gasteiger partial charge >= 0.3 is 0 Å². The summed E-state index contributed by atoms with van der Waals surface area (Å²) in [5, 5.41) is 30.0. The van der Waals surface area contributed by atoms with Gasteiger partial charge in [0.05, 0.1) is 29.8 Å². The number of anilines is 1. The summed E-state index contributed by atoms with van der Waals surface area (Å²) < 4.78 is 41.3. The summed E-state index contributed by atoms with van der Waals surface area (Å²) in [5.41, 5.74) is 3.37. The molecular weight excluding hydrogens is 568 g/mol. The number of sulfonamides is 1. The third kappa shape index (κ3) is 7.99. The van der Waals surface area contributed by atoms with Gasteiger partial charge in [-0.25, -0.2) is 8.42 Å². The van der Waals surface area contributed by atoms with Crippen LogP contribution in [0.25, 0.3) is 0 Å². The van der Waals surface area contributed by atoms with Crippen LogP contribution in [0.3, 0.4) is 0 Å². The number of aromatic hydroxyl groups is 1. The minimum Gasteiger partial charge on any atom is -0.508 e. The SMILES string of the molecule is CN(CC1CC(c2ccc(CO)cc2)OC(c2cccc(NS(=O)(=O)c3ccccc3)c2)O1)CC(O)c1cccc(O)c1. The van der Waals surface area contributed by atoms with E-state index in [0.717, 1.165) is 11.1 Å². The molecule has 5 rings (SSSR count). The van der Waals surface area contributed by atoms with Crippen LogP contribution >= 0.6 is 0 Å². The molecule has 4 N–H and O–H groups in total. The van der Waals surface area contributed by atoms with Gasteiger partial charge in [0.25, 0.3) is 10.0 Å². The molecule has 0 bridgehead atoms. The quantitative estimate of drug-likeness (QED) is 0.190. The molecular formula is C33H36N2O7S. The first kappa shape index (κ1) is 30.7. The molecule has 1 heterocycles. The van der Waals surface area contributed by atoms with E-state index in [-0.39, 0.29) is 29.5 Å². The molecule has 4 aromatic rings. The fourth-order valence-electron chi connectivity index (χ4n) is 5.15. The minimum atomic E-state index is -3.78. The van der Waals surface area contributed by atoms with Gasteiger partial charge in [0.1, 0.15) is 5.75 Å². The molecule has 9 nitrogen and oxygen atoms in total. The third-order valence-corrected chi connectivity index (χ3v) is 8.73. The van der Waals surface area contributed by atoms with E-state index in [9.17, 15) is 23.7 Å². The molecule has 4 aromatic carbocycles. The first-order valence-corrected chi connectivity index (χ1v) is 15.5. The molecule has 43 heavy (non-hydrogen) atoms. The number of aliphatic hydroxyl groups is 2. The number of nitrogens with one attached hydrogen (secondary N) is 1. The van der Waals surface area contributed by atoms with Gasteiger partial charge in [0.15, 0.2) is 6.29 Å². The summed E-state index contributed by atoms with van der Waals surface area (Å²) in [6.07, 6.45) is -1.66. The fourth-order valence-corrected chi connectivity index (χ4v) is 6.22. The number of benzene rings is 4. The van der Waals surface area contributed by atoms with Crippen molar-refractivity contribution in [2.24, 2.45) is 0 Å². The highest BCUT2D eigenvalue weighted by atomic mass is 32.2. The van der Waals surface area contributed by atoms with Gasteiger partial charge in [-0.15, -0.1) is 0 Å². The van der Waals surface area contributed by atoms with E-state index in [1.165, 1.54) is 12.1 Å². The molecule has 226 valence electrons. The molecule has 0 aliphatic carbocycles. The maximum absolute atomic E-state index is 12.9. The maximum atomic E-state index is 12.9. The summed E-state index contributed by atoms with van der Waals surface area (Å²) in [6, 6.07) is 29.2. The van der Waals surface area contributed by atoms with Crippen molar-refractivity contribution in [1.82, 2.24) is 4.90 Å². The Labute approximate surface area is 252 Å². The predicted molar refractivity (Wildman–Crippen MR) is 163 cm³/mol. The molecule has 0 radical (unpaired) electrons. The fraction of sp³-hybridized carbons (Fsp3) is 0.273. The average molecular weight is 605 g/mol. The van der Waals surface area contributed by atoms with Crippen molar-refractivity contribution < 1.29 is 33.2 Å². The molecule has 4 atom stereocenters. The van der Waals surface area contributed by atoms with E-state index in [2.05, 4.69) is 4.72 Å². The van der Waals surface area contributed by atoms with Crippen LogP contribution in [0, 0.1) is 0 Å². The second kappa shape index (κ2) is 13.7. The van der Waals surface area contributed by atoms with Crippen molar-refractivity contribution in [3.05, 3.63) is 125 Å². The lowest BCUT2D eigenvalue weighted by Gasteiger charge is -2.38.